The maximum atomic E-state index is 11.7. The van der Waals surface area contributed by atoms with Gasteiger partial charge in [0.25, 0.3) is 0 Å². The summed E-state index contributed by atoms with van der Waals surface area (Å²) in [7, 11) is 0. The van der Waals surface area contributed by atoms with Crippen molar-refractivity contribution in [2.75, 3.05) is 12.5 Å². The number of hydrogen-bond acceptors (Lipinski definition) is 2. The third kappa shape index (κ3) is 4.30. The molecule has 1 heterocycles. The molecule has 94 valence electrons. The van der Waals surface area contributed by atoms with Gasteiger partial charge in [0.2, 0.25) is 5.91 Å². The van der Waals surface area contributed by atoms with Crippen molar-refractivity contribution in [2.45, 2.75) is 57.6 Å². The highest BCUT2D eigenvalue weighted by Crippen LogP contribution is 2.17. The molecule has 1 aliphatic rings. The quantitative estimate of drug-likeness (QED) is 0.733. The van der Waals surface area contributed by atoms with Crippen molar-refractivity contribution in [3.8, 4) is 0 Å². The second kappa shape index (κ2) is 6.45. The lowest BCUT2D eigenvalue weighted by Gasteiger charge is -2.27. The van der Waals surface area contributed by atoms with E-state index in [1.165, 1.54) is 0 Å². The van der Waals surface area contributed by atoms with Gasteiger partial charge in [-0.15, -0.1) is 11.6 Å². The van der Waals surface area contributed by atoms with Gasteiger partial charge in [-0.2, -0.15) is 0 Å². The van der Waals surface area contributed by atoms with Crippen molar-refractivity contribution in [1.29, 1.82) is 0 Å². The molecule has 3 nitrogen and oxygen atoms in total. The smallest absolute Gasteiger partial charge is 0.220 e. The van der Waals surface area contributed by atoms with Crippen LogP contribution in [0.25, 0.3) is 0 Å². The van der Waals surface area contributed by atoms with Gasteiger partial charge in [-0.25, -0.2) is 0 Å². The molecular weight excluding hydrogens is 226 g/mol. The molecular formula is C12H22ClNO2. The van der Waals surface area contributed by atoms with E-state index in [2.05, 4.69) is 5.32 Å². The number of nitrogens with one attached hydrogen (secondary N) is 1. The Morgan fingerprint density at radius 2 is 2.38 bits per heavy atom. The van der Waals surface area contributed by atoms with Crippen molar-refractivity contribution < 1.29 is 9.53 Å². The summed E-state index contributed by atoms with van der Waals surface area (Å²) >= 11 is 5.84. The molecule has 0 aromatic rings. The van der Waals surface area contributed by atoms with Gasteiger partial charge in [0.15, 0.2) is 0 Å². The van der Waals surface area contributed by atoms with E-state index in [0.29, 0.717) is 12.3 Å². The van der Waals surface area contributed by atoms with E-state index in [-0.39, 0.29) is 17.6 Å². The maximum absolute atomic E-state index is 11.7. The van der Waals surface area contributed by atoms with Crippen LogP contribution in [0.1, 0.15) is 46.0 Å². The van der Waals surface area contributed by atoms with E-state index in [1.807, 2.05) is 13.8 Å². The third-order valence-corrected chi connectivity index (χ3v) is 3.82. The summed E-state index contributed by atoms with van der Waals surface area (Å²) in [6.45, 7) is 4.85. The fourth-order valence-corrected chi connectivity index (χ4v) is 2.04. The molecule has 4 heteroatoms. The minimum absolute atomic E-state index is 0.0838. The second-order valence-electron chi connectivity index (χ2n) is 4.77. The third-order valence-electron chi connectivity index (χ3n) is 3.23. The average Bonchev–Trinajstić information content (AvgIpc) is 2.79. The molecule has 0 aromatic carbocycles. The molecule has 0 aromatic heterocycles. The number of rotatable bonds is 6. The highest BCUT2D eigenvalue weighted by atomic mass is 35.5. The standard InChI is InChI=1S/C12H22ClNO2/c1-3-12(2,9-13)14-11(15)7-6-10-5-4-8-16-10/h10H,3-9H2,1-2H3,(H,14,15). The molecule has 2 atom stereocenters. The zero-order valence-electron chi connectivity index (χ0n) is 10.2. The summed E-state index contributed by atoms with van der Waals surface area (Å²) < 4.78 is 5.48. The first-order valence-electron chi connectivity index (χ1n) is 6.08. The molecule has 0 aliphatic carbocycles. The van der Waals surface area contributed by atoms with Crippen LogP contribution in [0.2, 0.25) is 0 Å². The van der Waals surface area contributed by atoms with Crippen LogP contribution in [-0.2, 0) is 9.53 Å². The molecule has 1 rings (SSSR count). The van der Waals surface area contributed by atoms with Gasteiger partial charge in [0.1, 0.15) is 0 Å². The number of ether oxygens (including phenoxy) is 1. The topological polar surface area (TPSA) is 38.3 Å². The largest absolute Gasteiger partial charge is 0.378 e. The van der Waals surface area contributed by atoms with Gasteiger partial charge in [0, 0.05) is 18.9 Å². The molecule has 0 bridgehead atoms. The van der Waals surface area contributed by atoms with Crippen LogP contribution in [0, 0.1) is 0 Å². The Bertz CT molecular complexity index is 223. The van der Waals surface area contributed by atoms with E-state index >= 15 is 0 Å². The summed E-state index contributed by atoms with van der Waals surface area (Å²) in [5, 5.41) is 2.99. The SMILES string of the molecule is CCC(C)(CCl)NC(=O)CCC1CCCO1. The van der Waals surface area contributed by atoms with Crippen molar-refractivity contribution in [2.24, 2.45) is 0 Å². The monoisotopic (exact) mass is 247 g/mol. The van der Waals surface area contributed by atoms with Crippen LogP contribution >= 0.6 is 11.6 Å². The van der Waals surface area contributed by atoms with Gasteiger partial charge in [-0.05, 0) is 32.6 Å². The van der Waals surface area contributed by atoms with E-state index in [4.69, 9.17) is 16.3 Å². The van der Waals surface area contributed by atoms with Crippen LogP contribution in [0.4, 0.5) is 0 Å². The number of hydrogen-bond donors (Lipinski definition) is 1. The fraction of sp³-hybridized carbons (Fsp3) is 0.917. The van der Waals surface area contributed by atoms with Crippen LogP contribution in [0.3, 0.4) is 0 Å². The summed E-state index contributed by atoms with van der Waals surface area (Å²) in [6, 6.07) is 0. The molecule has 0 spiro atoms. The van der Waals surface area contributed by atoms with Gasteiger partial charge < -0.3 is 10.1 Å². The first-order chi connectivity index (χ1) is 7.59. The first-order valence-corrected chi connectivity index (χ1v) is 6.61. The molecule has 1 aliphatic heterocycles. The van der Waals surface area contributed by atoms with Gasteiger partial charge >= 0.3 is 0 Å². The van der Waals surface area contributed by atoms with E-state index in [1.54, 1.807) is 0 Å². The van der Waals surface area contributed by atoms with Crippen molar-refractivity contribution >= 4 is 17.5 Å². The fourth-order valence-electron chi connectivity index (χ4n) is 1.78. The minimum Gasteiger partial charge on any atom is -0.378 e. The predicted octanol–water partition coefficient (Wildman–Crippen LogP) is 2.47. The Labute approximate surface area is 103 Å². The number of alkyl halides is 1. The Kier molecular flexibility index (Phi) is 5.56. The highest BCUT2D eigenvalue weighted by molar-refractivity contribution is 6.18. The van der Waals surface area contributed by atoms with Gasteiger partial charge in [0.05, 0.1) is 11.6 Å². The Morgan fingerprint density at radius 1 is 1.62 bits per heavy atom. The van der Waals surface area contributed by atoms with Crippen molar-refractivity contribution in [3.63, 3.8) is 0 Å². The lowest BCUT2D eigenvalue weighted by Crippen LogP contribution is -2.47. The van der Waals surface area contributed by atoms with Gasteiger partial charge in [-0.3, -0.25) is 4.79 Å². The lowest BCUT2D eigenvalue weighted by atomic mass is 10.0. The molecule has 1 fully saturated rings. The molecule has 2 unspecified atom stereocenters. The Hall–Kier alpha value is -0.280. The van der Waals surface area contributed by atoms with Crippen LogP contribution in [0.5, 0.6) is 0 Å². The zero-order chi connectivity index (χ0) is 12.0. The zero-order valence-corrected chi connectivity index (χ0v) is 11.0. The summed E-state index contributed by atoms with van der Waals surface area (Å²) in [6.07, 6.45) is 4.72. The predicted molar refractivity (Wildman–Crippen MR) is 65.8 cm³/mol. The van der Waals surface area contributed by atoms with E-state index in [9.17, 15) is 4.79 Å². The van der Waals surface area contributed by atoms with Crippen molar-refractivity contribution in [1.82, 2.24) is 5.32 Å². The number of carbonyl (C=O) groups excluding carboxylic acids is 1. The number of halogens is 1. The summed E-state index contributed by atoms with van der Waals surface area (Å²) in [4.78, 5) is 11.7. The molecule has 1 saturated heterocycles. The normalized spacial score (nSPS) is 24.1. The Morgan fingerprint density at radius 3 is 2.88 bits per heavy atom. The Balaban J connectivity index is 2.24. The van der Waals surface area contributed by atoms with E-state index < -0.39 is 0 Å². The van der Waals surface area contributed by atoms with Gasteiger partial charge in [-0.1, -0.05) is 6.92 Å². The van der Waals surface area contributed by atoms with Crippen LogP contribution in [-0.4, -0.2) is 30.0 Å². The second-order valence-corrected chi connectivity index (χ2v) is 5.04. The van der Waals surface area contributed by atoms with Crippen LogP contribution < -0.4 is 5.32 Å². The number of carbonyl (C=O) groups is 1. The lowest BCUT2D eigenvalue weighted by molar-refractivity contribution is -0.123. The molecule has 0 radical (unpaired) electrons. The molecule has 1 N–H and O–H groups in total. The number of amides is 1. The molecule has 0 saturated carbocycles. The van der Waals surface area contributed by atoms with Crippen molar-refractivity contribution in [3.05, 3.63) is 0 Å². The van der Waals surface area contributed by atoms with E-state index in [0.717, 1.165) is 32.3 Å². The minimum atomic E-state index is -0.269. The van der Waals surface area contributed by atoms with Crippen LogP contribution in [0.15, 0.2) is 0 Å². The highest BCUT2D eigenvalue weighted by Gasteiger charge is 2.24. The summed E-state index contributed by atoms with van der Waals surface area (Å²) in [5.74, 6) is 0.537. The average molecular weight is 248 g/mol. The summed E-state index contributed by atoms with van der Waals surface area (Å²) in [5.41, 5.74) is -0.269. The maximum Gasteiger partial charge on any atom is 0.220 e. The molecule has 1 amide bonds. The first kappa shape index (κ1) is 13.8. The molecule has 16 heavy (non-hydrogen) atoms.